The molecule has 1 saturated heterocycles. The van der Waals surface area contributed by atoms with Gasteiger partial charge in [0.2, 0.25) is 5.82 Å². The Morgan fingerprint density at radius 2 is 1.82 bits per heavy atom. The van der Waals surface area contributed by atoms with Crippen molar-refractivity contribution in [3.8, 4) is 22.8 Å². The predicted molar refractivity (Wildman–Crippen MR) is 108 cm³/mol. The average molecular weight is 376 g/mol. The molecule has 1 aliphatic rings. The van der Waals surface area contributed by atoms with Crippen molar-refractivity contribution in [1.82, 2.24) is 19.7 Å². The molecule has 1 unspecified atom stereocenters. The number of methoxy groups -OCH3 is 1. The molecule has 0 N–H and O–H groups in total. The SMILES string of the molecule is COc1ccc(-c2nc(C(=O)N3CCCCC3C)nn2-c2ccccc2)cc1. The van der Waals surface area contributed by atoms with Crippen LogP contribution in [-0.2, 0) is 0 Å². The van der Waals surface area contributed by atoms with Crippen LogP contribution in [0.5, 0.6) is 5.75 Å². The van der Waals surface area contributed by atoms with Crippen molar-refractivity contribution in [2.75, 3.05) is 13.7 Å². The first-order valence-electron chi connectivity index (χ1n) is 9.65. The van der Waals surface area contributed by atoms with Crippen LogP contribution in [-0.4, -0.2) is 45.3 Å². The van der Waals surface area contributed by atoms with Gasteiger partial charge in [-0.05, 0) is 62.6 Å². The molecule has 1 aromatic heterocycles. The Kier molecular flexibility index (Phi) is 5.10. The zero-order valence-electron chi connectivity index (χ0n) is 16.2. The molecular formula is C22H24N4O2. The van der Waals surface area contributed by atoms with Crippen LogP contribution >= 0.6 is 0 Å². The van der Waals surface area contributed by atoms with E-state index in [9.17, 15) is 4.79 Å². The molecule has 1 aliphatic heterocycles. The minimum Gasteiger partial charge on any atom is -0.497 e. The molecule has 0 spiro atoms. The van der Waals surface area contributed by atoms with Gasteiger partial charge in [-0.25, -0.2) is 9.67 Å². The van der Waals surface area contributed by atoms with Crippen molar-refractivity contribution in [2.45, 2.75) is 32.2 Å². The summed E-state index contributed by atoms with van der Waals surface area (Å²) in [5.74, 6) is 1.55. The second-order valence-electron chi connectivity index (χ2n) is 7.08. The van der Waals surface area contributed by atoms with Gasteiger partial charge in [0.05, 0.1) is 12.8 Å². The summed E-state index contributed by atoms with van der Waals surface area (Å²) in [4.78, 5) is 19.6. The Bertz CT molecular complexity index is 950. The van der Waals surface area contributed by atoms with E-state index < -0.39 is 0 Å². The number of hydrogen-bond donors (Lipinski definition) is 0. The monoisotopic (exact) mass is 376 g/mol. The maximum Gasteiger partial charge on any atom is 0.293 e. The van der Waals surface area contributed by atoms with E-state index in [0.29, 0.717) is 5.82 Å². The fourth-order valence-corrected chi connectivity index (χ4v) is 3.61. The lowest BCUT2D eigenvalue weighted by Gasteiger charge is -2.32. The summed E-state index contributed by atoms with van der Waals surface area (Å²) >= 11 is 0. The summed E-state index contributed by atoms with van der Waals surface area (Å²) in [6, 6.07) is 17.6. The van der Waals surface area contributed by atoms with Gasteiger partial charge in [-0.3, -0.25) is 4.79 Å². The number of nitrogens with zero attached hydrogens (tertiary/aromatic N) is 4. The molecule has 6 heteroatoms. The largest absolute Gasteiger partial charge is 0.497 e. The highest BCUT2D eigenvalue weighted by molar-refractivity contribution is 5.91. The number of hydrogen-bond acceptors (Lipinski definition) is 4. The molecule has 2 heterocycles. The van der Waals surface area contributed by atoms with Crippen molar-refractivity contribution >= 4 is 5.91 Å². The van der Waals surface area contributed by atoms with Crippen molar-refractivity contribution in [3.05, 3.63) is 60.4 Å². The molecule has 1 fully saturated rings. The van der Waals surface area contributed by atoms with Gasteiger partial charge in [0.25, 0.3) is 5.91 Å². The highest BCUT2D eigenvalue weighted by atomic mass is 16.5. The van der Waals surface area contributed by atoms with Gasteiger partial charge in [-0.1, -0.05) is 18.2 Å². The summed E-state index contributed by atoms with van der Waals surface area (Å²) in [7, 11) is 1.64. The second-order valence-corrected chi connectivity index (χ2v) is 7.08. The van der Waals surface area contributed by atoms with Gasteiger partial charge in [-0.2, -0.15) is 0 Å². The maximum absolute atomic E-state index is 13.1. The second kappa shape index (κ2) is 7.84. The Labute approximate surface area is 164 Å². The number of ether oxygens (including phenoxy) is 1. The van der Waals surface area contributed by atoms with Crippen molar-refractivity contribution < 1.29 is 9.53 Å². The zero-order chi connectivity index (χ0) is 19.5. The number of likely N-dealkylation sites (tertiary alicyclic amines) is 1. The van der Waals surface area contributed by atoms with E-state index >= 15 is 0 Å². The molecule has 4 rings (SSSR count). The van der Waals surface area contributed by atoms with Crippen LogP contribution in [0.1, 0.15) is 36.8 Å². The molecule has 0 radical (unpaired) electrons. The zero-order valence-corrected chi connectivity index (χ0v) is 16.2. The Balaban J connectivity index is 1.76. The minimum atomic E-state index is -0.100. The molecule has 2 aromatic carbocycles. The lowest BCUT2D eigenvalue weighted by Crippen LogP contribution is -2.42. The number of para-hydroxylation sites is 1. The van der Waals surface area contributed by atoms with Gasteiger partial charge in [0.15, 0.2) is 5.82 Å². The van der Waals surface area contributed by atoms with Crippen LogP contribution in [0.3, 0.4) is 0 Å². The van der Waals surface area contributed by atoms with Crippen molar-refractivity contribution in [3.63, 3.8) is 0 Å². The van der Waals surface area contributed by atoms with E-state index in [0.717, 1.165) is 42.8 Å². The number of carbonyl (C=O) groups is 1. The Morgan fingerprint density at radius 3 is 2.50 bits per heavy atom. The summed E-state index contributed by atoms with van der Waals surface area (Å²) in [6.45, 7) is 2.85. The van der Waals surface area contributed by atoms with E-state index in [1.54, 1.807) is 11.8 Å². The standard InChI is InChI=1S/C22H24N4O2/c1-16-8-6-7-15-25(16)22(27)20-23-21(17-11-13-19(28-2)14-12-17)26(24-20)18-9-4-3-5-10-18/h3-5,9-14,16H,6-8,15H2,1-2H3. The van der Waals surface area contributed by atoms with Gasteiger partial charge in [0, 0.05) is 18.2 Å². The third-order valence-corrected chi connectivity index (χ3v) is 5.21. The average Bonchev–Trinajstić information content (AvgIpc) is 3.20. The maximum atomic E-state index is 13.1. The topological polar surface area (TPSA) is 60.2 Å². The van der Waals surface area contributed by atoms with E-state index in [4.69, 9.17) is 4.74 Å². The highest BCUT2D eigenvalue weighted by Gasteiger charge is 2.28. The van der Waals surface area contributed by atoms with Crippen LogP contribution in [0.4, 0.5) is 0 Å². The molecule has 6 nitrogen and oxygen atoms in total. The fourth-order valence-electron chi connectivity index (χ4n) is 3.61. The van der Waals surface area contributed by atoms with Gasteiger partial charge in [-0.15, -0.1) is 5.10 Å². The molecule has 28 heavy (non-hydrogen) atoms. The number of benzene rings is 2. The minimum absolute atomic E-state index is 0.100. The summed E-state index contributed by atoms with van der Waals surface area (Å²) < 4.78 is 6.99. The van der Waals surface area contributed by atoms with Crippen LogP contribution in [0.15, 0.2) is 54.6 Å². The molecule has 0 saturated carbocycles. The number of carbonyl (C=O) groups excluding carboxylic acids is 1. The Morgan fingerprint density at radius 1 is 1.07 bits per heavy atom. The van der Waals surface area contributed by atoms with Crippen LogP contribution < -0.4 is 4.74 Å². The molecule has 1 atom stereocenters. The lowest BCUT2D eigenvalue weighted by atomic mass is 10.0. The number of amides is 1. The fraction of sp³-hybridized carbons (Fsp3) is 0.318. The van der Waals surface area contributed by atoms with Gasteiger partial charge in [0.1, 0.15) is 5.75 Å². The molecule has 0 aliphatic carbocycles. The molecule has 3 aromatic rings. The van der Waals surface area contributed by atoms with E-state index in [2.05, 4.69) is 17.0 Å². The van der Waals surface area contributed by atoms with Crippen molar-refractivity contribution in [1.29, 1.82) is 0 Å². The quantitative estimate of drug-likeness (QED) is 0.692. The normalized spacial score (nSPS) is 16.8. The highest BCUT2D eigenvalue weighted by Crippen LogP contribution is 2.25. The first kappa shape index (κ1) is 18.2. The van der Waals surface area contributed by atoms with E-state index in [1.165, 1.54) is 0 Å². The molecular weight excluding hydrogens is 352 g/mol. The third kappa shape index (κ3) is 3.50. The smallest absolute Gasteiger partial charge is 0.293 e. The van der Waals surface area contributed by atoms with Crippen LogP contribution in [0, 0.1) is 0 Å². The molecule has 1 amide bonds. The first-order chi connectivity index (χ1) is 13.7. The molecule has 0 bridgehead atoms. The summed E-state index contributed by atoms with van der Waals surface area (Å²) in [5.41, 5.74) is 1.74. The molecule has 144 valence electrons. The van der Waals surface area contributed by atoms with Crippen molar-refractivity contribution in [2.24, 2.45) is 0 Å². The Hall–Kier alpha value is -3.15. The van der Waals surface area contributed by atoms with E-state index in [-0.39, 0.29) is 17.8 Å². The predicted octanol–water partition coefficient (Wildman–Crippen LogP) is 3.96. The first-order valence-corrected chi connectivity index (χ1v) is 9.65. The number of rotatable bonds is 4. The third-order valence-electron chi connectivity index (χ3n) is 5.21. The van der Waals surface area contributed by atoms with Gasteiger partial charge >= 0.3 is 0 Å². The van der Waals surface area contributed by atoms with Gasteiger partial charge < -0.3 is 9.64 Å². The number of aromatic nitrogens is 3. The lowest BCUT2D eigenvalue weighted by molar-refractivity contribution is 0.0623. The van der Waals surface area contributed by atoms with Crippen LogP contribution in [0.2, 0.25) is 0 Å². The van der Waals surface area contributed by atoms with E-state index in [1.807, 2.05) is 59.5 Å². The number of piperidine rings is 1. The van der Waals surface area contributed by atoms with Crippen LogP contribution in [0.25, 0.3) is 17.1 Å². The summed E-state index contributed by atoms with van der Waals surface area (Å²) in [5, 5.41) is 4.59. The summed E-state index contributed by atoms with van der Waals surface area (Å²) in [6.07, 6.45) is 3.21.